The molecular formula is C16H17BrFNO. The van der Waals surface area contributed by atoms with Gasteiger partial charge in [-0.2, -0.15) is 0 Å². The second kappa shape index (κ2) is 6.48. The molecule has 0 bridgehead atoms. The maximum absolute atomic E-state index is 13.3. The minimum atomic E-state index is -0.766. The van der Waals surface area contributed by atoms with Crippen LogP contribution in [0.1, 0.15) is 28.7 Å². The third-order valence-corrected chi connectivity index (χ3v) is 3.78. The molecule has 20 heavy (non-hydrogen) atoms. The molecular weight excluding hydrogens is 321 g/mol. The lowest BCUT2D eigenvalue weighted by atomic mass is 9.88. The van der Waals surface area contributed by atoms with Crippen molar-refractivity contribution < 1.29 is 9.50 Å². The molecule has 2 rings (SSSR count). The predicted octanol–water partition coefficient (Wildman–Crippen LogP) is 3.67. The Bertz CT molecular complexity index is 583. The summed E-state index contributed by atoms with van der Waals surface area (Å²) in [7, 11) is 0. The van der Waals surface area contributed by atoms with Gasteiger partial charge in [-0.1, -0.05) is 34.1 Å². The van der Waals surface area contributed by atoms with E-state index in [-0.39, 0.29) is 18.3 Å². The molecule has 0 aliphatic heterocycles. The maximum Gasteiger partial charge on any atom is 0.123 e. The lowest BCUT2D eigenvalue weighted by Crippen LogP contribution is -2.20. The van der Waals surface area contributed by atoms with Crippen LogP contribution in [0, 0.1) is 12.7 Å². The van der Waals surface area contributed by atoms with E-state index in [1.165, 1.54) is 12.1 Å². The summed E-state index contributed by atoms with van der Waals surface area (Å²) < 4.78 is 14.2. The molecule has 3 N–H and O–H groups in total. The summed E-state index contributed by atoms with van der Waals surface area (Å²) in [5.74, 6) is -0.655. The largest absolute Gasteiger partial charge is 0.388 e. The average Bonchev–Trinajstić information content (AvgIpc) is 2.38. The van der Waals surface area contributed by atoms with Crippen molar-refractivity contribution in [2.45, 2.75) is 18.9 Å². The van der Waals surface area contributed by atoms with Crippen LogP contribution in [0.25, 0.3) is 0 Å². The van der Waals surface area contributed by atoms with Crippen LogP contribution in [0.2, 0.25) is 0 Å². The van der Waals surface area contributed by atoms with E-state index in [0.717, 1.165) is 15.6 Å². The Kier molecular flexibility index (Phi) is 4.91. The molecule has 0 radical (unpaired) electrons. The van der Waals surface area contributed by atoms with Gasteiger partial charge in [0.25, 0.3) is 0 Å². The standard InChI is InChI=1S/C16H17BrFNO/c1-10-5-12(7-13(17)6-10)16(20)15(9-19)11-3-2-4-14(18)8-11/h2-8,15-16,20H,9,19H2,1H3. The monoisotopic (exact) mass is 337 g/mol. The van der Waals surface area contributed by atoms with Gasteiger partial charge in [0.1, 0.15) is 5.82 Å². The Hall–Kier alpha value is -1.23. The minimum absolute atomic E-state index is 0.246. The van der Waals surface area contributed by atoms with Crippen molar-refractivity contribution in [2.75, 3.05) is 6.54 Å². The highest BCUT2D eigenvalue weighted by molar-refractivity contribution is 9.10. The van der Waals surface area contributed by atoms with Crippen molar-refractivity contribution in [3.63, 3.8) is 0 Å². The summed E-state index contributed by atoms with van der Waals surface area (Å²) in [6, 6.07) is 12.0. The number of halogens is 2. The van der Waals surface area contributed by atoms with E-state index in [4.69, 9.17) is 5.73 Å². The molecule has 0 spiro atoms. The first kappa shape index (κ1) is 15.2. The Morgan fingerprint density at radius 3 is 2.55 bits per heavy atom. The van der Waals surface area contributed by atoms with Crippen molar-refractivity contribution in [3.8, 4) is 0 Å². The zero-order valence-electron chi connectivity index (χ0n) is 11.2. The molecule has 2 aromatic carbocycles. The number of rotatable bonds is 4. The second-order valence-electron chi connectivity index (χ2n) is 4.90. The molecule has 0 fully saturated rings. The van der Waals surface area contributed by atoms with E-state index in [0.29, 0.717) is 5.56 Å². The summed E-state index contributed by atoms with van der Waals surface area (Å²) in [6.07, 6.45) is -0.766. The van der Waals surface area contributed by atoms with Crippen molar-refractivity contribution in [2.24, 2.45) is 5.73 Å². The van der Waals surface area contributed by atoms with E-state index < -0.39 is 6.10 Å². The molecule has 0 saturated heterocycles. The summed E-state index contributed by atoms with van der Waals surface area (Å²) in [6.45, 7) is 2.21. The van der Waals surface area contributed by atoms with Gasteiger partial charge in [-0.05, 0) is 47.9 Å². The Morgan fingerprint density at radius 1 is 1.20 bits per heavy atom. The highest BCUT2D eigenvalue weighted by Crippen LogP contribution is 2.32. The molecule has 2 nitrogen and oxygen atoms in total. The lowest BCUT2D eigenvalue weighted by molar-refractivity contribution is 0.147. The van der Waals surface area contributed by atoms with Gasteiger partial charge in [-0.3, -0.25) is 0 Å². The van der Waals surface area contributed by atoms with Gasteiger partial charge < -0.3 is 10.8 Å². The van der Waals surface area contributed by atoms with Gasteiger partial charge >= 0.3 is 0 Å². The fraction of sp³-hybridized carbons (Fsp3) is 0.250. The first-order chi connectivity index (χ1) is 9.51. The molecule has 0 aliphatic rings. The van der Waals surface area contributed by atoms with Crippen molar-refractivity contribution in [3.05, 3.63) is 69.4 Å². The Labute approximate surface area is 126 Å². The fourth-order valence-electron chi connectivity index (χ4n) is 2.35. The van der Waals surface area contributed by atoms with Crippen molar-refractivity contribution in [1.82, 2.24) is 0 Å². The van der Waals surface area contributed by atoms with Gasteiger partial charge in [0.2, 0.25) is 0 Å². The Morgan fingerprint density at radius 2 is 1.95 bits per heavy atom. The molecule has 4 heteroatoms. The van der Waals surface area contributed by atoms with Gasteiger partial charge in [0, 0.05) is 16.9 Å². The van der Waals surface area contributed by atoms with E-state index in [1.807, 2.05) is 25.1 Å². The number of aliphatic hydroxyl groups is 1. The predicted molar refractivity (Wildman–Crippen MR) is 82.0 cm³/mol. The first-order valence-corrected chi connectivity index (χ1v) is 7.21. The normalized spacial score (nSPS) is 14.1. The summed E-state index contributed by atoms with van der Waals surface area (Å²) in [5, 5.41) is 10.6. The van der Waals surface area contributed by atoms with Gasteiger partial charge in [-0.15, -0.1) is 0 Å². The van der Waals surface area contributed by atoms with Crippen molar-refractivity contribution >= 4 is 15.9 Å². The second-order valence-corrected chi connectivity index (χ2v) is 5.82. The summed E-state index contributed by atoms with van der Waals surface area (Å²) >= 11 is 3.42. The van der Waals surface area contributed by atoms with E-state index >= 15 is 0 Å². The van der Waals surface area contributed by atoms with E-state index in [2.05, 4.69) is 15.9 Å². The average molecular weight is 338 g/mol. The zero-order chi connectivity index (χ0) is 14.7. The topological polar surface area (TPSA) is 46.2 Å². The van der Waals surface area contributed by atoms with Crippen LogP contribution >= 0.6 is 15.9 Å². The molecule has 0 aromatic heterocycles. The smallest absolute Gasteiger partial charge is 0.123 e. The zero-order valence-corrected chi connectivity index (χ0v) is 12.8. The van der Waals surface area contributed by atoms with Crippen LogP contribution in [0.3, 0.4) is 0 Å². The number of nitrogens with two attached hydrogens (primary N) is 1. The third-order valence-electron chi connectivity index (χ3n) is 3.32. The number of benzene rings is 2. The van der Waals surface area contributed by atoms with Crippen LogP contribution in [-0.2, 0) is 0 Å². The van der Waals surface area contributed by atoms with Gasteiger partial charge in [0.15, 0.2) is 0 Å². The van der Waals surface area contributed by atoms with Crippen LogP contribution < -0.4 is 5.73 Å². The third kappa shape index (κ3) is 3.45. The highest BCUT2D eigenvalue weighted by Gasteiger charge is 2.22. The van der Waals surface area contributed by atoms with Crippen molar-refractivity contribution in [1.29, 1.82) is 0 Å². The van der Waals surface area contributed by atoms with Gasteiger partial charge in [-0.25, -0.2) is 4.39 Å². The fourth-order valence-corrected chi connectivity index (χ4v) is 2.98. The van der Waals surface area contributed by atoms with Crippen LogP contribution in [0.5, 0.6) is 0 Å². The molecule has 2 unspecified atom stereocenters. The molecule has 0 saturated carbocycles. The molecule has 2 aromatic rings. The molecule has 2 atom stereocenters. The summed E-state index contributed by atoms with van der Waals surface area (Å²) in [5.41, 5.74) is 8.30. The Balaban J connectivity index is 2.35. The minimum Gasteiger partial charge on any atom is -0.388 e. The van der Waals surface area contributed by atoms with Crippen LogP contribution in [-0.4, -0.2) is 11.7 Å². The van der Waals surface area contributed by atoms with Crippen LogP contribution in [0.15, 0.2) is 46.9 Å². The van der Waals surface area contributed by atoms with Crippen LogP contribution in [0.4, 0.5) is 4.39 Å². The molecule has 0 amide bonds. The maximum atomic E-state index is 13.3. The quantitative estimate of drug-likeness (QED) is 0.893. The molecule has 106 valence electrons. The number of hydrogen-bond donors (Lipinski definition) is 2. The van der Waals surface area contributed by atoms with Gasteiger partial charge in [0.05, 0.1) is 6.10 Å². The summed E-state index contributed by atoms with van der Waals surface area (Å²) in [4.78, 5) is 0. The SMILES string of the molecule is Cc1cc(Br)cc(C(O)C(CN)c2cccc(F)c2)c1. The number of aryl methyl sites for hydroxylation is 1. The first-order valence-electron chi connectivity index (χ1n) is 6.42. The lowest BCUT2D eigenvalue weighted by Gasteiger charge is -2.23. The highest BCUT2D eigenvalue weighted by atomic mass is 79.9. The van der Waals surface area contributed by atoms with E-state index in [1.54, 1.807) is 12.1 Å². The van der Waals surface area contributed by atoms with E-state index in [9.17, 15) is 9.50 Å². The molecule has 0 aliphatic carbocycles. The number of aliphatic hydroxyl groups excluding tert-OH is 1. The number of hydrogen-bond acceptors (Lipinski definition) is 2. The molecule has 0 heterocycles.